The lowest BCUT2D eigenvalue weighted by molar-refractivity contribution is 0.476. The summed E-state index contributed by atoms with van der Waals surface area (Å²) in [4.78, 5) is 0. The van der Waals surface area contributed by atoms with E-state index in [0.717, 1.165) is 10.8 Å². The van der Waals surface area contributed by atoms with Crippen molar-refractivity contribution in [1.82, 2.24) is 0 Å². The summed E-state index contributed by atoms with van der Waals surface area (Å²) in [6, 6.07) is 22.6. The van der Waals surface area contributed by atoms with Crippen molar-refractivity contribution in [2.45, 2.75) is 0 Å². The summed E-state index contributed by atoms with van der Waals surface area (Å²) in [5.41, 5.74) is 0. The molecule has 1 nitrogen and oxygen atoms in total. The normalized spacial score (nSPS) is 11.4. The van der Waals surface area contributed by atoms with Gasteiger partial charge in [0.25, 0.3) is 0 Å². The van der Waals surface area contributed by atoms with Crippen LogP contribution in [0, 0.1) is 0 Å². The molecule has 4 aromatic rings. The Balaban J connectivity index is 2.22. The molecule has 0 fully saturated rings. The van der Waals surface area contributed by atoms with E-state index in [4.69, 9.17) is 0 Å². The van der Waals surface area contributed by atoms with Crippen LogP contribution in [0.4, 0.5) is 0 Å². The molecule has 4 aromatic carbocycles. The van der Waals surface area contributed by atoms with Crippen molar-refractivity contribution in [3.63, 3.8) is 0 Å². The molecule has 0 aliphatic heterocycles. The van der Waals surface area contributed by atoms with Crippen LogP contribution < -0.4 is 0 Å². The van der Waals surface area contributed by atoms with E-state index in [1.807, 2.05) is 12.1 Å². The fourth-order valence-electron chi connectivity index (χ4n) is 2.74. The summed E-state index contributed by atoms with van der Waals surface area (Å²) in [7, 11) is 0. The summed E-state index contributed by atoms with van der Waals surface area (Å²) in [5.74, 6) is 0.313. The Morgan fingerprint density at radius 2 is 1.32 bits per heavy atom. The zero-order valence-electron chi connectivity index (χ0n) is 10.3. The molecular weight excluding hydrogens is 232 g/mol. The van der Waals surface area contributed by atoms with Gasteiger partial charge in [0.2, 0.25) is 0 Å². The van der Waals surface area contributed by atoms with Gasteiger partial charge in [-0.05, 0) is 56.6 Å². The first-order valence-electron chi connectivity index (χ1n) is 6.35. The smallest absolute Gasteiger partial charge is 0.116 e. The van der Waals surface area contributed by atoms with Crippen molar-refractivity contribution in [3.8, 4) is 5.75 Å². The molecule has 0 atom stereocenters. The predicted molar refractivity (Wildman–Crippen MR) is 80.6 cm³/mol. The predicted octanol–water partition coefficient (Wildman–Crippen LogP) is 4.85. The van der Waals surface area contributed by atoms with Crippen LogP contribution >= 0.6 is 0 Å². The van der Waals surface area contributed by atoms with Crippen molar-refractivity contribution < 1.29 is 5.11 Å². The number of aromatic hydroxyl groups is 1. The Labute approximate surface area is 110 Å². The van der Waals surface area contributed by atoms with Crippen LogP contribution in [0.1, 0.15) is 0 Å². The van der Waals surface area contributed by atoms with E-state index in [1.165, 1.54) is 21.5 Å². The Morgan fingerprint density at radius 3 is 2.26 bits per heavy atom. The topological polar surface area (TPSA) is 20.2 Å². The number of rotatable bonds is 0. The Bertz CT molecular complexity index is 922. The molecular formula is C18H12O. The highest BCUT2D eigenvalue weighted by molar-refractivity contribution is 6.12. The summed E-state index contributed by atoms with van der Waals surface area (Å²) >= 11 is 0. The van der Waals surface area contributed by atoms with Gasteiger partial charge in [-0.1, -0.05) is 42.5 Å². The molecule has 1 N–H and O–H groups in total. The minimum atomic E-state index is 0.313. The zero-order valence-corrected chi connectivity index (χ0v) is 10.3. The third kappa shape index (κ3) is 1.55. The van der Waals surface area contributed by atoms with Crippen LogP contribution in [0.3, 0.4) is 0 Å². The van der Waals surface area contributed by atoms with E-state index in [0.29, 0.717) is 5.75 Å². The average molecular weight is 244 g/mol. The van der Waals surface area contributed by atoms with Gasteiger partial charge in [-0.25, -0.2) is 0 Å². The molecule has 0 spiro atoms. The fourth-order valence-corrected chi connectivity index (χ4v) is 2.74. The van der Waals surface area contributed by atoms with Gasteiger partial charge in [0.15, 0.2) is 0 Å². The first kappa shape index (κ1) is 10.4. The van der Waals surface area contributed by atoms with Crippen LogP contribution in [-0.2, 0) is 0 Å². The monoisotopic (exact) mass is 244 g/mol. The minimum Gasteiger partial charge on any atom is -0.508 e. The Kier molecular flexibility index (Phi) is 2.04. The van der Waals surface area contributed by atoms with E-state index < -0.39 is 0 Å². The molecule has 90 valence electrons. The molecule has 0 heterocycles. The number of phenolic OH excluding ortho intramolecular Hbond substituents is 1. The number of benzene rings is 4. The van der Waals surface area contributed by atoms with E-state index in [9.17, 15) is 5.11 Å². The van der Waals surface area contributed by atoms with E-state index in [1.54, 1.807) is 6.07 Å². The third-order valence-corrected chi connectivity index (χ3v) is 3.69. The van der Waals surface area contributed by atoms with Gasteiger partial charge >= 0.3 is 0 Å². The maximum Gasteiger partial charge on any atom is 0.116 e. The summed E-state index contributed by atoms with van der Waals surface area (Å²) in [6.07, 6.45) is 0. The molecule has 1 heteroatoms. The largest absolute Gasteiger partial charge is 0.508 e. The van der Waals surface area contributed by atoms with Crippen LogP contribution in [0.15, 0.2) is 66.7 Å². The lowest BCUT2D eigenvalue weighted by Gasteiger charge is -2.06. The summed E-state index contributed by atoms with van der Waals surface area (Å²) < 4.78 is 0. The summed E-state index contributed by atoms with van der Waals surface area (Å²) in [6.45, 7) is 0. The van der Waals surface area contributed by atoms with E-state index >= 15 is 0 Å². The third-order valence-electron chi connectivity index (χ3n) is 3.69. The molecule has 4 rings (SSSR count). The molecule has 0 amide bonds. The lowest BCUT2D eigenvalue weighted by Crippen LogP contribution is -1.79. The molecule has 0 bridgehead atoms. The number of hydrogen-bond donors (Lipinski definition) is 1. The number of fused-ring (bicyclic) bond motifs is 4. The highest BCUT2D eigenvalue weighted by Gasteiger charge is 2.03. The van der Waals surface area contributed by atoms with Crippen LogP contribution in [0.25, 0.3) is 32.3 Å². The fraction of sp³-hybridized carbons (Fsp3) is 0. The van der Waals surface area contributed by atoms with Crippen LogP contribution in [-0.4, -0.2) is 5.11 Å². The van der Waals surface area contributed by atoms with Gasteiger partial charge in [0, 0.05) is 0 Å². The zero-order chi connectivity index (χ0) is 12.8. The van der Waals surface area contributed by atoms with E-state index in [-0.39, 0.29) is 0 Å². The Morgan fingerprint density at radius 1 is 0.526 bits per heavy atom. The molecule has 0 saturated carbocycles. The first-order valence-corrected chi connectivity index (χ1v) is 6.35. The maximum atomic E-state index is 9.57. The Hall–Kier alpha value is -2.54. The second-order valence-electron chi connectivity index (χ2n) is 4.89. The van der Waals surface area contributed by atoms with Crippen LogP contribution in [0.5, 0.6) is 5.75 Å². The molecule has 0 unspecified atom stereocenters. The first-order chi connectivity index (χ1) is 9.31. The quantitative estimate of drug-likeness (QED) is 0.346. The van der Waals surface area contributed by atoms with Gasteiger partial charge in [-0.15, -0.1) is 0 Å². The molecule has 0 aliphatic rings. The molecule has 19 heavy (non-hydrogen) atoms. The molecule has 0 aromatic heterocycles. The van der Waals surface area contributed by atoms with Gasteiger partial charge in [-0.2, -0.15) is 0 Å². The second kappa shape index (κ2) is 3.72. The maximum absolute atomic E-state index is 9.57. The average Bonchev–Trinajstić information content (AvgIpc) is 2.45. The van der Waals surface area contributed by atoms with Crippen LogP contribution in [0.2, 0.25) is 0 Å². The number of phenols is 1. The van der Waals surface area contributed by atoms with E-state index in [2.05, 4.69) is 48.5 Å². The minimum absolute atomic E-state index is 0.313. The van der Waals surface area contributed by atoms with Gasteiger partial charge < -0.3 is 5.11 Å². The lowest BCUT2D eigenvalue weighted by atomic mass is 9.98. The highest BCUT2D eigenvalue weighted by atomic mass is 16.3. The van der Waals surface area contributed by atoms with Gasteiger partial charge in [0.1, 0.15) is 5.75 Å². The molecule has 0 aliphatic carbocycles. The van der Waals surface area contributed by atoms with Crippen molar-refractivity contribution in [2.75, 3.05) is 0 Å². The highest BCUT2D eigenvalue weighted by Crippen LogP contribution is 2.30. The van der Waals surface area contributed by atoms with Gasteiger partial charge in [0.05, 0.1) is 0 Å². The standard InChI is InChI=1S/C18H12O/c19-16-8-7-13-11-18-14(9-15(13)10-16)6-5-12-3-1-2-4-17(12)18/h1-11,19H. The van der Waals surface area contributed by atoms with Crippen molar-refractivity contribution >= 4 is 32.3 Å². The molecule has 0 saturated heterocycles. The number of hydrogen-bond acceptors (Lipinski definition) is 1. The SMILES string of the molecule is Oc1ccc2cc3c(ccc4ccccc43)cc2c1. The van der Waals surface area contributed by atoms with Gasteiger partial charge in [-0.3, -0.25) is 0 Å². The summed E-state index contributed by atoms with van der Waals surface area (Å²) in [5, 5.41) is 16.8. The van der Waals surface area contributed by atoms with Crippen molar-refractivity contribution in [1.29, 1.82) is 0 Å². The van der Waals surface area contributed by atoms with Crippen molar-refractivity contribution in [3.05, 3.63) is 66.7 Å². The van der Waals surface area contributed by atoms with Crippen molar-refractivity contribution in [2.24, 2.45) is 0 Å². The second-order valence-corrected chi connectivity index (χ2v) is 4.89. The molecule has 0 radical (unpaired) electrons.